The van der Waals surface area contributed by atoms with Crippen molar-refractivity contribution in [1.29, 1.82) is 0 Å². The minimum absolute atomic E-state index is 0.0727. The fourth-order valence-electron chi connectivity index (χ4n) is 2.72. The van der Waals surface area contributed by atoms with E-state index in [1.165, 1.54) is 12.8 Å². The second-order valence-electron chi connectivity index (χ2n) is 6.83. The van der Waals surface area contributed by atoms with Crippen molar-refractivity contribution in [3.63, 3.8) is 0 Å². The first-order chi connectivity index (χ1) is 13.1. The molecule has 0 bridgehead atoms. The second-order valence-corrected chi connectivity index (χ2v) is 7.27. The van der Waals surface area contributed by atoms with Crippen LogP contribution in [0.5, 0.6) is 5.75 Å². The Morgan fingerprint density at radius 3 is 1.96 bits per heavy atom. The van der Waals surface area contributed by atoms with Crippen molar-refractivity contribution in [2.45, 2.75) is 84.0 Å². The van der Waals surface area contributed by atoms with E-state index in [-0.39, 0.29) is 11.9 Å². The van der Waals surface area contributed by atoms with Gasteiger partial charge in [-0.05, 0) is 43.5 Å². The molecule has 0 atom stereocenters. The van der Waals surface area contributed by atoms with Crippen LogP contribution in [0, 0.1) is 0 Å². The minimum atomic E-state index is -0.209. The van der Waals surface area contributed by atoms with E-state index in [0.717, 1.165) is 51.4 Å². The molecule has 152 valence electrons. The number of halogens is 1. The molecule has 0 aliphatic carbocycles. The summed E-state index contributed by atoms with van der Waals surface area (Å²) in [6.07, 6.45) is 11.3. The third-order valence-electron chi connectivity index (χ3n) is 4.32. The molecule has 1 aromatic carbocycles. The van der Waals surface area contributed by atoms with Crippen LogP contribution in [0.15, 0.2) is 24.3 Å². The van der Waals surface area contributed by atoms with Gasteiger partial charge in [-0.1, -0.05) is 63.5 Å². The maximum atomic E-state index is 11.7. The average molecular weight is 397 g/mol. The Hall–Kier alpha value is -1.55. The van der Waals surface area contributed by atoms with Crippen LogP contribution in [0.25, 0.3) is 0 Å². The molecule has 0 heterocycles. The van der Waals surface area contributed by atoms with Crippen molar-refractivity contribution in [2.75, 3.05) is 6.61 Å². The molecule has 0 amide bonds. The van der Waals surface area contributed by atoms with Crippen LogP contribution in [0.4, 0.5) is 0 Å². The number of esters is 2. The Morgan fingerprint density at radius 1 is 0.778 bits per heavy atom. The number of carbonyl (C=O) groups is 2. The van der Waals surface area contributed by atoms with E-state index in [0.29, 0.717) is 30.2 Å². The van der Waals surface area contributed by atoms with Gasteiger partial charge in [0.25, 0.3) is 0 Å². The van der Waals surface area contributed by atoms with Gasteiger partial charge in [0, 0.05) is 17.9 Å². The number of ether oxygens (including phenoxy) is 2. The van der Waals surface area contributed by atoms with Crippen LogP contribution in [-0.2, 0) is 14.3 Å². The summed E-state index contributed by atoms with van der Waals surface area (Å²) >= 11 is 5.79. The van der Waals surface area contributed by atoms with Crippen LogP contribution in [0.1, 0.15) is 84.0 Å². The lowest BCUT2D eigenvalue weighted by atomic mass is 10.1. The van der Waals surface area contributed by atoms with Crippen molar-refractivity contribution < 1.29 is 19.1 Å². The third kappa shape index (κ3) is 13.3. The summed E-state index contributed by atoms with van der Waals surface area (Å²) in [4.78, 5) is 23.3. The highest BCUT2D eigenvalue weighted by Gasteiger charge is 2.05. The largest absolute Gasteiger partial charge is 0.466 e. The predicted octanol–water partition coefficient (Wildman–Crippen LogP) is 6.49. The van der Waals surface area contributed by atoms with Gasteiger partial charge < -0.3 is 9.47 Å². The molecular formula is C22H33ClO4. The number of carbonyl (C=O) groups excluding carboxylic acids is 2. The first-order valence-electron chi connectivity index (χ1n) is 10.2. The number of rotatable bonds is 15. The lowest BCUT2D eigenvalue weighted by Gasteiger charge is -2.05. The topological polar surface area (TPSA) is 52.6 Å². The fourth-order valence-corrected chi connectivity index (χ4v) is 2.84. The van der Waals surface area contributed by atoms with Gasteiger partial charge in [-0.3, -0.25) is 9.59 Å². The zero-order chi connectivity index (χ0) is 19.7. The molecule has 0 spiro atoms. The van der Waals surface area contributed by atoms with Crippen molar-refractivity contribution in [1.82, 2.24) is 0 Å². The highest BCUT2D eigenvalue weighted by atomic mass is 35.5. The van der Waals surface area contributed by atoms with Gasteiger partial charge in [0.15, 0.2) is 0 Å². The molecule has 5 heteroatoms. The summed E-state index contributed by atoms with van der Waals surface area (Å²) in [5, 5.41) is 0.620. The zero-order valence-corrected chi connectivity index (χ0v) is 17.3. The van der Waals surface area contributed by atoms with E-state index < -0.39 is 0 Å². The summed E-state index contributed by atoms with van der Waals surface area (Å²) in [7, 11) is 0. The summed E-state index contributed by atoms with van der Waals surface area (Å²) in [6, 6.07) is 6.78. The lowest BCUT2D eigenvalue weighted by molar-refractivity contribution is -0.144. The van der Waals surface area contributed by atoms with Crippen LogP contribution in [0.3, 0.4) is 0 Å². The summed E-state index contributed by atoms with van der Waals surface area (Å²) < 4.78 is 10.5. The number of benzene rings is 1. The average Bonchev–Trinajstić information content (AvgIpc) is 2.65. The predicted molar refractivity (Wildman–Crippen MR) is 109 cm³/mol. The van der Waals surface area contributed by atoms with E-state index >= 15 is 0 Å². The molecule has 0 fully saturated rings. The molecule has 4 nitrogen and oxygen atoms in total. The first kappa shape index (κ1) is 23.5. The van der Waals surface area contributed by atoms with Crippen LogP contribution in [0.2, 0.25) is 5.02 Å². The van der Waals surface area contributed by atoms with E-state index in [2.05, 4.69) is 6.92 Å². The Balaban J connectivity index is 1.90. The number of unbranched alkanes of at least 4 members (excludes halogenated alkanes) is 8. The Bertz CT molecular complexity index is 528. The highest BCUT2D eigenvalue weighted by molar-refractivity contribution is 6.30. The molecule has 0 radical (unpaired) electrons. The van der Waals surface area contributed by atoms with Gasteiger partial charge in [-0.2, -0.15) is 0 Å². The Morgan fingerprint density at radius 2 is 1.33 bits per heavy atom. The smallest absolute Gasteiger partial charge is 0.311 e. The molecule has 0 aromatic heterocycles. The normalized spacial score (nSPS) is 10.6. The SMILES string of the molecule is CCCCCCOC(=O)CCCCCCCCC(=O)Oc1ccc(Cl)cc1. The van der Waals surface area contributed by atoms with Gasteiger partial charge in [0.05, 0.1) is 6.61 Å². The van der Waals surface area contributed by atoms with E-state index in [1.54, 1.807) is 24.3 Å². The molecule has 0 N–H and O–H groups in total. The third-order valence-corrected chi connectivity index (χ3v) is 4.57. The van der Waals surface area contributed by atoms with Gasteiger partial charge in [-0.15, -0.1) is 0 Å². The van der Waals surface area contributed by atoms with E-state index in [1.807, 2.05) is 0 Å². The van der Waals surface area contributed by atoms with Gasteiger partial charge in [0.1, 0.15) is 5.75 Å². The maximum absolute atomic E-state index is 11.7. The highest BCUT2D eigenvalue weighted by Crippen LogP contribution is 2.16. The van der Waals surface area contributed by atoms with Crippen LogP contribution >= 0.6 is 11.6 Å². The second kappa shape index (κ2) is 15.5. The van der Waals surface area contributed by atoms with Crippen molar-refractivity contribution in [3.05, 3.63) is 29.3 Å². The molecule has 1 aromatic rings. The number of hydrogen-bond donors (Lipinski definition) is 0. The van der Waals surface area contributed by atoms with Crippen molar-refractivity contribution in [3.8, 4) is 5.75 Å². The standard InChI is InChI=1S/C22H33ClO4/c1-2-3-4-11-18-26-21(24)12-9-7-5-6-8-10-13-22(25)27-20-16-14-19(23)15-17-20/h14-17H,2-13,18H2,1H3. The monoisotopic (exact) mass is 396 g/mol. The van der Waals surface area contributed by atoms with Crippen molar-refractivity contribution in [2.24, 2.45) is 0 Å². The Kier molecular flexibility index (Phi) is 13.5. The van der Waals surface area contributed by atoms with Crippen LogP contribution < -0.4 is 4.74 Å². The number of hydrogen-bond acceptors (Lipinski definition) is 4. The minimum Gasteiger partial charge on any atom is -0.466 e. The molecule has 0 saturated carbocycles. The summed E-state index contributed by atoms with van der Waals surface area (Å²) in [5.41, 5.74) is 0. The lowest BCUT2D eigenvalue weighted by Crippen LogP contribution is -2.07. The molecule has 1 rings (SSSR count). The molecule has 0 aliphatic heterocycles. The van der Waals surface area contributed by atoms with Gasteiger partial charge >= 0.3 is 11.9 Å². The molecule has 0 saturated heterocycles. The molecule has 0 aliphatic rings. The summed E-state index contributed by atoms with van der Waals surface area (Å²) in [6.45, 7) is 2.73. The van der Waals surface area contributed by atoms with Gasteiger partial charge in [-0.25, -0.2) is 0 Å². The molecule has 0 unspecified atom stereocenters. The van der Waals surface area contributed by atoms with E-state index in [9.17, 15) is 9.59 Å². The van der Waals surface area contributed by atoms with Gasteiger partial charge in [0.2, 0.25) is 0 Å². The van der Waals surface area contributed by atoms with Crippen LogP contribution in [-0.4, -0.2) is 18.5 Å². The first-order valence-corrected chi connectivity index (χ1v) is 10.6. The molecule has 27 heavy (non-hydrogen) atoms. The quantitative estimate of drug-likeness (QED) is 0.193. The Labute approximate surface area is 168 Å². The molecular weight excluding hydrogens is 364 g/mol. The van der Waals surface area contributed by atoms with E-state index in [4.69, 9.17) is 21.1 Å². The maximum Gasteiger partial charge on any atom is 0.311 e. The van der Waals surface area contributed by atoms with Crippen molar-refractivity contribution >= 4 is 23.5 Å². The zero-order valence-electron chi connectivity index (χ0n) is 16.5. The fraction of sp³-hybridized carbons (Fsp3) is 0.636. The summed E-state index contributed by atoms with van der Waals surface area (Å²) in [5.74, 6) is 0.247.